The zero-order valence-corrected chi connectivity index (χ0v) is 18.3. The SMILES string of the molecule is CCCCCC(=O)N(Cc1ccccc1)Cc1cccn1Cc1cccc(C(F)(F)F)c1. The number of benzene rings is 2. The molecule has 0 spiro atoms. The van der Waals surface area contributed by atoms with Crippen molar-refractivity contribution >= 4 is 5.91 Å². The Hall–Kier alpha value is -3.02. The molecule has 0 bridgehead atoms. The minimum absolute atomic E-state index is 0.0918. The summed E-state index contributed by atoms with van der Waals surface area (Å²) in [6.45, 7) is 3.33. The fourth-order valence-corrected chi connectivity index (χ4v) is 3.71. The Labute approximate surface area is 187 Å². The lowest BCUT2D eigenvalue weighted by Crippen LogP contribution is -2.30. The van der Waals surface area contributed by atoms with Gasteiger partial charge in [-0.05, 0) is 41.8 Å². The fraction of sp³-hybridized carbons (Fsp3) is 0.346. The van der Waals surface area contributed by atoms with Crippen molar-refractivity contribution in [1.82, 2.24) is 9.47 Å². The first-order valence-electron chi connectivity index (χ1n) is 11.0. The van der Waals surface area contributed by atoms with Crippen LogP contribution in [0.4, 0.5) is 13.2 Å². The predicted octanol–water partition coefficient (Wildman–Crippen LogP) is 6.66. The van der Waals surface area contributed by atoms with Crippen LogP contribution in [0.2, 0.25) is 0 Å². The number of nitrogens with zero attached hydrogens (tertiary/aromatic N) is 2. The van der Waals surface area contributed by atoms with Gasteiger partial charge in [0.1, 0.15) is 0 Å². The van der Waals surface area contributed by atoms with E-state index in [-0.39, 0.29) is 5.91 Å². The van der Waals surface area contributed by atoms with Crippen LogP contribution in [0.5, 0.6) is 0 Å². The van der Waals surface area contributed by atoms with E-state index in [0.717, 1.165) is 36.6 Å². The summed E-state index contributed by atoms with van der Waals surface area (Å²) in [5.41, 5.74) is 1.86. The summed E-state index contributed by atoms with van der Waals surface area (Å²) in [5.74, 6) is 0.0918. The molecule has 0 fully saturated rings. The molecular formula is C26H29F3N2O. The quantitative estimate of drug-likeness (QED) is 0.322. The summed E-state index contributed by atoms with van der Waals surface area (Å²) in [4.78, 5) is 14.8. The van der Waals surface area contributed by atoms with Gasteiger partial charge < -0.3 is 9.47 Å². The zero-order valence-electron chi connectivity index (χ0n) is 18.3. The van der Waals surface area contributed by atoms with Crippen molar-refractivity contribution < 1.29 is 18.0 Å². The number of hydrogen-bond donors (Lipinski definition) is 0. The lowest BCUT2D eigenvalue weighted by molar-refractivity contribution is -0.137. The lowest BCUT2D eigenvalue weighted by Gasteiger charge is -2.24. The Morgan fingerprint density at radius 1 is 0.906 bits per heavy atom. The highest BCUT2D eigenvalue weighted by molar-refractivity contribution is 5.76. The second-order valence-corrected chi connectivity index (χ2v) is 8.02. The van der Waals surface area contributed by atoms with Gasteiger partial charge in [0, 0.05) is 31.4 Å². The number of aromatic nitrogens is 1. The average molecular weight is 443 g/mol. The second-order valence-electron chi connectivity index (χ2n) is 8.02. The summed E-state index contributed by atoms with van der Waals surface area (Å²) >= 11 is 0. The van der Waals surface area contributed by atoms with E-state index in [2.05, 4.69) is 6.92 Å². The molecular weight excluding hydrogens is 413 g/mol. The highest BCUT2D eigenvalue weighted by Crippen LogP contribution is 2.29. The van der Waals surface area contributed by atoms with Gasteiger partial charge in [-0.2, -0.15) is 13.2 Å². The number of hydrogen-bond acceptors (Lipinski definition) is 1. The first-order valence-corrected chi connectivity index (χ1v) is 11.0. The Bertz CT molecular complexity index is 996. The normalized spacial score (nSPS) is 11.5. The molecule has 2 aromatic carbocycles. The number of amides is 1. The van der Waals surface area contributed by atoms with E-state index in [9.17, 15) is 18.0 Å². The van der Waals surface area contributed by atoms with Crippen molar-refractivity contribution in [2.24, 2.45) is 0 Å². The third-order valence-corrected chi connectivity index (χ3v) is 5.45. The van der Waals surface area contributed by atoms with Gasteiger partial charge in [0.2, 0.25) is 5.91 Å². The van der Waals surface area contributed by atoms with Crippen LogP contribution in [0.25, 0.3) is 0 Å². The summed E-state index contributed by atoms with van der Waals surface area (Å²) in [6.07, 6.45) is 0.883. The second kappa shape index (κ2) is 11.0. The molecule has 1 aromatic heterocycles. The Morgan fingerprint density at radius 3 is 2.38 bits per heavy atom. The van der Waals surface area contributed by atoms with Crippen LogP contribution >= 0.6 is 0 Å². The fourth-order valence-electron chi connectivity index (χ4n) is 3.71. The third-order valence-electron chi connectivity index (χ3n) is 5.45. The highest BCUT2D eigenvalue weighted by atomic mass is 19.4. The Kier molecular flexibility index (Phi) is 8.14. The summed E-state index contributed by atoms with van der Waals surface area (Å²) in [7, 11) is 0. The standard InChI is InChI=1S/C26H29F3N2O/c1-2-3-5-15-25(32)31(18-21-10-6-4-7-11-21)20-24-14-9-16-30(24)19-22-12-8-13-23(17-22)26(27,28)29/h4,6-14,16-17H,2-3,5,15,18-20H2,1H3. The van der Waals surface area contributed by atoms with Gasteiger partial charge in [-0.3, -0.25) is 4.79 Å². The van der Waals surface area contributed by atoms with Gasteiger partial charge >= 0.3 is 6.18 Å². The molecule has 0 unspecified atom stereocenters. The first-order chi connectivity index (χ1) is 15.4. The van der Waals surface area contributed by atoms with Crippen LogP contribution in [0.3, 0.4) is 0 Å². The molecule has 0 N–H and O–H groups in total. The maximum atomic E-state index is 13.1. The maximum absolute atomic E-state index is 13.1. The van der Waals surface area contributed by atoms with E-state index in [0.29, 0.717) is 31.6 Å². The van der Waals surface area contributed by atoms with Crippen molar-refractivity contribution in [1.29, 1.82) is 0 Å². The topological polar surface area (TPSA) is 25.2 Å². The molecule has 3 aromatic rings. The Morgan fingerprint density at radius 2 is 1.66 bits per heavy atom. The molecule has 0 aliphatic carbocycles. The lowest BCUT2D eigenvalue weighted by atomic mass is 10.1. The van der Waals surface area contributed by atoms with E-state index in [4.69, 9.17) is 0 Å². The van der Waals surface area contributed by atoms with E-state index in [1.165, 1.54) is 12.1 Å². The van der Waals surface area contributed by atoms with Crippen LogP contribution in [-0.2, 0) is 30.6 Å². The van der Waals surface area contributed by atoms with Gasteiger partial charge in [0.15, 0.2) is 0 Å². The van der Waals surface area contributed by atoms with Crippen molar-refractivity contribution in [3.8, 4) is 0 Å². The van der Waals surface area contributed by atoms with E-state index < -0.39 is 11.7 Å². The number of carbonyl (C=O) groups excluding carboxylic acids is 1. The number of carbonyl (C=O) groups is 1. The molecule has 0 aliphatic heterocycles. The molecule has 0 radical (unpaired) electrons. The van der Waals surface area contributed by atoms with Crippen molar-refractivity contribution in [2.45, 2.75) is 58.4 Å². The van der Waals surface area contributed by atoms with Gasteiger partial charge in [-0.1, -0.05) is 62.2 Å². The monoisotopic (exact) mass is 442 g/mol. The minimum atomic E-state index is -4.37. The molecule has 1 heterocycles. The average Bonchev–Trinajstić information content (AvgIpc) is 3.20. The third kappa shape index (κ3) is 6.74. The van der Waals surface area contributed by atoms with Crippen molar-refractivity contribution in [3.05, 3.63) is 95.3 Å². The van der Waals surface area contributed by atoms with E-state index >= 15 is 0 Å². The van der Waals surface area contributed by atoms with Crippen LogP contribution in [-0.4, -0.2) is 15.4 Å². The molecule has 3 rings (SSSR count). The highest BCUT2D eigenvalue weighted by Gasteiger charge is 2.30. The maximum Gasteiger partial charge on any atom is 0.416 e. The van der Waals surface area contributed by atoms with Crippen molar-refractivity contribution in [3.63, 3.8) is 0 Å². The van der Waals surface area contributed by atoms with Crippen LogP contribution < -0.4 is 0 Å². The molecule has 0 atom stereocenters. The van der Waals surface area contributed by atoms with Gasteiger partial charge in [-0.25, -0.2) is 0 Å². The first kappa shape index (κ1) is 23.6. The largest absolute Gasteiger partial charge is 0.416 e. The molecule has 170 valence electrons. The van der Waals surface area contributed by atoms with Crippen LogP contribution in [0.15, 0.2) is 72.9 Å². The molecule has 3 nitrogen and oxygen atoms in total. The van der Waals surface area contributed by atoms with Crippen LogP contribution in [0.1, 0.15) is 55.0 Å². The number of halogens is 3. The number of alkyl halides is 3. The Balaban J connectivity index is 1.77. The van der Waals surface area contributed by atoms with Gasteiger partial charge in [-0.15, -0.1) is 0 Å². The van der Waals surface area contributed by atoms with Gasteiger partial charge in [0.05, 0.1) is 12.1 Å². The number of rotatable bonds is 10. The zero-order chi connectivity index (χ0) is 23.0. The molecule has 0 aliphatic rings. The van der Waals surface area contributed by atoms with E-state index in [1.807, 2.05) is 58.1 Å². The molecule has 0 saturated carbocycles. The van der Waals surface area contributed by atoms with Crippen LogP contribution in [0, 0.1) is 0 Å². The molecule has 1 amide bonds. The summed E-state index contributed by atoms with van der Waals surface area (Å²) in [5, 5.41) is 0. The van der Waals surface area contributed by atoms with Crippen molar-refractivity contribution in [2.75, 3.05) is 0 Å². The van der Waals surface area contributed by atoms with E-state index in [1.54, 1.807) is 6.07 Å². The molecule has 6 heteroatoms. The summed E-state index contributed by atoms with van der Waals surface area (Å²) < 4.78 is 41.1. The number of unbranched alkanes of at least 4 members (excludes halogenated alkanes) is 2. The molecule has 0 saturated heterocycles. The minimum Gasteiger partial charge on any atom is -0.345 e. The van der Waals surface area contributed by atoms with Gasteiger partial charge in [0.25, 0.3) is 0 Å². The molecule has 32 heavy (non-hydrogen) atoms. The summed E-state index contributed by atoms with van der Waals surface area (Å²) in [6, 6.07) is 19.0. The smallest absolute Gasteiger partial charge is 0.345 e. The predicted molar refractivity (Wildman–Crippen MR) is 120 cm³/mol.